The summed E-state index contributed by atoms with van der Waals surface area (Å²) in [5.41, 5.74) is 2.56. The molecular formula is C28H35N2Na2O9P. The molecule has 5 atom stereocenters. The Kier molecular flexibility index (Phi) is 18.1. The van der Waals surface area contributed by atoms with Crippen LogP contribution in [0, 0.1) is 11.8 Å². The van der Waals surface area contributed by atoms with Crippen LogP contribution in [0.15, 0.2) is 54.6 Å². The second kappa shape index (κ2) is 18.9. The number of amides is 2. The van der Waals surface area contributed by atoms with E-state index >= 15 is 0 Å². The number of carbonyl (C=O) groups excluding carboxylic acids is 4. The second-order valence-electron chi connectivity index (χ2n) is 9.81. The third kappa shape index (κ3) is 13.3. The number of nitrogens with one attached hydrogen (secondary N) is 2. The van der Waals surface area contributed by atoms with E-state index in [1.54, 1.807) is 26.0 Å². The van der Waals surface area contributed by atoms with Crippen LogP contribution >= 0.6 is 7.37 Å². The van der Waals surface area contributed by atoms with Crippen LogP contribution in [0.5, 0.6) is 0 Å². The number of esters is 1. The number of aliphatic carboxylic acids is 1. The number of benzene rings is 2. The van der Waals surface area contributed by atoms with E-state index in [2.05, 4.69) is 10.6 Å². The van der Waals surface area contributed by atoms with Crippen molar-refractivity contribution in [1.29, 1.82) is 0 Å². The zero-order valence-corrected chi connectivity index (χ0v) is 30.0. The molecule has 42 heavy (non-hydrogen) atoms. The van der Waals surface area contributed by atoms with Crippen LogP contribution in [0.2, 0.25) is 0 Å². The topological polar surface area (TPSA) is 174 Å². The molecule has 0 saturated carbocycles. The van der Waals surface area contributed by atoms with Crippen LogP contribution in [-0.2, 0) is 34.8 Å². The molecule has 11 nitrogen and oxygen atoms in total. The van der Waals surface area contributed by atoms with E-state index in [0.29, 0.717) is 5.56 Å². The van der Waals surface area contributed by atoms with E-state index in [1.165, 1.54) is 20.8 Å². The minimum atomic E-state index is -4.49. The van der Waals surface area contributed by atoms with Gasteiger partial charge in [0.25, 0.3) is 0 Å². The van der Waals surface area contributed by atoms with Crippen molar-refractivity contribution >= 4 is 31.3 Å². The van der Waals surface area contributed by atoms with Gasteiger partial charge in [-0.05, 0) is 37.0 Å². The number of hydrogen-bond donors (Lipinski definition) is 2. The Morgan fingerprint density at radius 2 is 1.38 bits per heavy atom. The molecule has 2 N–H and O–H groups in total. The molecule has 0 radical (unpaired) electrons. The van der Waals surface area contributed by atoms with Gasteiger partial charge in [0, 0.05) is 26.4 Å². The predicted octanol–water partition coefficient (Wildman–Crippen LogP) is -3.97. The maximum Gasteiger partial charge on any atom is 1.00 e. The molecule has 14 heteroatoms. The average Bonchev–Trinajstić information content (AvgIpc) is 2.88. The number of rotatable bonds is 13. The molecule has 0 aliphatic rings. The van der Waals surface area contributed by atoms with Crippen molar-refractivity contribution in [2.45, 2.75) is 59.2 Å². The first kappa shape index (κ1) is 40.3. The van der Waals surface area contributed by atoms with Gasteiger partial charge in [0.05, 0.1) is 23.7 Å². The van der Waals surface area contributed by atoms with Gasteiger partial charge in [-0.3, -0.25) is 9.59 Å². The van der Waals surface area contributed by atoms with Crippen molar-refractivity contribution in [2.75, 3.05) is 6.16 Å². The Bertz CT molecular complexity index is 1230. The van der Waals surface area contributed by atoms with Gasteiger partial charge >= 0.3 is 71.2 Å². The molecule has 2 aromatic rings. The van der Waals surface area contributed by atoms with Crippen LogP contribution < -0.4 is 79.7 Å². The van der Waals surface area contributed by atoms with Crippen molar-refractivity contribution in [1.82, 2.24) is 10.6 Å². The van der Waals surface area contributed by atoms with Crippen molar-refractivity contribution in [3.63, 3.8) is 0 Å². The number of ether oxygens (including phenoxy) is 2. The zero-order valence-electron chi connectivity index (χ0n) is 25.1. The van der Waals surface area contributed by atoms with E-state index in [9.17, 15) is 33.7 Å². The smallest absolute Gasteiger partial charge is 0.798 e. The molecule has 0 fully saturated rings. The Morgan fingerprint density at radius 1 is 0.833 bits per heavy atom. The molecule has 0 aliphatic heterocycles. The second-order valence-corrected chi connectivity index (χ2v) is 12.4. The molecule has 2 aromatic carbocycles. The predicted molar refractivity (Wildman–Crippen MR) is 144 cm³/mol. The monoisotopic (exact) mass is 620 g/mol. The van der Waals surface area contributed by atoms with Crippen LogP contribution in [0.3, 0.4) is 0 Å². The fourth-order valence-electron chi connectivity index (χ4n) is 3.62. The molecule has 2 unspecified atom stereocenters. The minimum absolute atomic E-state index is 0. The third-order valence-electron chi connectivity index (χ3n) is 6.04. The maximum atomic E-state index is 13.1. The molecule has 2 rings (SSSR count). The summed E-state index contributed by atoms with van der Waals surface area (Å²) in [6.45, 7) is 6.94. The maximum absolute atomic E-state index is 13.1. The summed E-state index contributed by atoms with van der Waals surface area (Å²) in [4.78, 5) is 61.1. The van der Waals surface area contributed by atoms with Crippen LogP contribution in [0.1, 0.15) is 40.2 Å². The molecule has 0 aliphatic carbocycles. The number of carbonyl (C=O) groups is 4. The Hall–Kier alpha value is -1.69. The van der Waals surface area contributed by atoms with E-state index in [0.717, 1.165) is 11.1 Å². The first-order chi connectivity index (χ1) is 18.7. The number of carboxylic acid groups (broad SMARTS) is 1. The molecule has 0 spiro atoms. The Balaban J connectivity index is 0.00000840. The van der Waals surface area contributed by atoms with Crippen molar-refractivity contribution in [3.05, 3.63) is 60.2 Å². The van der Waals surface area contributed by atoms with Crippen molar-refractivity contribution in [3.8, 4) is 11.1 Å². The van der Waals surface area contributed by atoms with E-state index in [1.807, 2.05) is 42.5 Å². The Morgan fingerprint density at radius 3 is 1.90 bits per heavy atom. The summed E-state index contributed by atoms with van der Waals surface area (Å²) in [6, 6.07) is 15.4. The molecule has 0 aromatic heterocycles. The quantitative estimate of drug-likeness (QED) is 0.0980. The van der Waals surface area contributed by atoms with Gasteiger partial charge in [-0.15, -0.1) is 0 Å². The average molecular weight is 621 g/mol. The van der Waals surface area contributed by atoms with Gasteiger partial charge in [0.1, 0.15) is 0 Å². The van der Waals surface area contributed by atoms with Gasteiger partial charge in [0.2, 0.25) is 12.2 Å². The molecule has 2 amide bonds. The first-order valence-corrected chi connectivity index (χ1v) is 14.7. The van der Waals surface area contributed by atoms with Gasteiger partial charge < -0.3 is 39.5 Å². The molecule has 218 valence electrons. The number of alkyl carbamates (subject to hydrolysis) is 1. The largest absolute Gasteiger partial charge is 1.00 e. The van der Waals surface area contributed by atoms with E-state index in [4.69, 9.17) is 9.47 Å². The summed E-state index contributed by atoms with van der Waals surface area (Å²) in [5, 5.41) is 15.6. The molecular weight excluding hydrogens is 585 g/mol. The van der Waals surface area contributed by atoms with Gasteiger partial charge in [-0.1, -0.05) is 68.4 Å². The van der Waals surface area contributed by atoms with Gasteiger partial charge in [-0.2, -0.15) is 0 Å². The van der Waals surface area contributed by atoms with Crippen LogP contribution in [0.4, 0.5) is 4.79 Å². The minimum Gasteiger partial charge on any atom is -0.798 e. The normalized spacial score (nSPS) is 14.8. The number of hydrogen-bond acceptors (Lipinski definition) is 9. The summed E-state index contributed by atoms with van der Waals surface area (Å²) >= 11 is 0. The number of carboxylic acids is 1. The van der Waals surface area contributed by atoms with Crippen molar-refractivity contribution in [2.24, 2.45) is 11.8 Å². The molecule has 0 bridgehead atoms. The Labute approximate surface area is 290 Å². The fourth-order valence-corrected chi connectivity index (χ4v) is 5.15. The zero-order chi connectivity index (χ0) is 30.0. The summed E-state index contributed by atoms with van der Waals surface area (Å²) in [6.07, 6.45) is -3.06. The summed E-state index contributed by atoms with van der Waals surface area (Å²) < 4.78 is 23.0. The van der Waals surface area contributed by atoms with Crippen LogP contribution in [0.25, 0.3) is 11.1 Å². The SMILES string of the molecule is CC(OC(=O)N[C@@H](C)P(=O)([O-])C[C@@H](Cc1ccc(-c2ccccc2)cc1)C(=O)N[C@@H](C)C(=O)[O-])OC(=O)C(C)C.[Na+].[Na+]. The van der Waals surface area contributed by atoms with E-state index < -0.39 is 67.4 Å². The van der Waals surface area contributed by atoms with Crippen LogP contribution in [-0.4, -0.2) is 48.2 Å². The molecule has 0 saturated heterocycles. The first-order valence-electron chi connectivity index (χ1n) is 12.8. The third-order valence-corrected chi connectivity index (χ3v) is 8.30. The standard InChI is InChI=1S/C28H37N2O9P.2Na/c1-17(2)27(34)38-20(5)39-28(35)30-19(4)40(36,37)16-24(25(31)29-18(3)26(32)33)15-21-11-13-23(14-12-21)22-9-7-6-8-10-22;;/h6-14,17-20,24H,15-16H2,1-5H3,(H,29,31)(H,30,35)(H,32,33)(H,36,37);;/q;2*+1/p-2/t18-,19+,20?,24+;;/m0../s1. The van der Waals surface area contributed by atoms with Gasteiger partial charge in [0.15, 0.2) is 0 Å². The summed E-state index contributed by atoms with van der Waals surface area (Å²) in [7, 11) is -4.49. The fraction of sp³-hybridized carbons (Fsp3) is 0.429. The summed E-state index contributed by atoms with van der Waals surface area (Å²) in [5.74, 6) is -5.97. The van der Waals surface area contributed by atoms with E-state index in [-0.39, 0.29) is 65.5 Å². The van der Waals surface area contributed by atoms with Crippen molar-refractivity contribution < 1.29 is 102 Å². The molecule has 0 heterocycles. The van der Waals surface area contributed by atoms with Gasteiger partial charge in [-0.25, -0.2) is 4.79 Å².